The molecule has 1 heterocycles. The third-order valence-electron chi connectivity index (χ3n) is 3.29. The summed E-state index contributed by atoms with van der Waals surface area (Å²) in [4.78, 5) is 0. The fourth-order valence-electron chi connectivity index (χ4n) is 2.08. The summed E-state index contributed by atoms with van der Waals surface area (Å²) in [5.74, 6) is 0.872. The molecule has 0 atom stereocenters. The zero-order valence-electron chi connectivity index (χ0n) is 12.1. The topological polar surface area (TPSA) is 39.1 Å². The summed E-state index contributed by atoms with van der Waals surface area (Å²) in [6.45, 7) is 6.52. The molecule has 1 aromatic heterocycles. The normalized spacial score (nSPS) is 10.8. The summed E-state index contributed by atoms with van der Waals surface area (Å²) in [7, 11) is 1.69. The van der Waals surface area contributed by atoms with Crippen LogP contribution in [0.2, 0.25) is 5.02 Å². The summed E-state index contributed by atoms with van der Waals surface area (Å²) >= 11 is 6.04. The number of halogens is 1. The van der Waals surface area contributed by atoms with E-state index in [0.29, 0.717) is 11.6 Å². The maximum absolute atomic E-state index is 6.04. The molecule has 1 aromatic carbocycles. The molecule has 20 heavy (non-hydrogen) atoms. The number of nitrogens with zero attached hydrogens (tertiary/aromatic N) is 2. The molecular weight excluding hydrogens is 274 g/mol. The van der Waals surface area contributed by atoms with Crippen molar-refractivity contribution in [2.75, 3.05) is 13.7 Å². The van der Waals surface area contributed by atoms with Crippen molar-refractivity contribution >= 4 is 11.6 Å². The van der Waals surface area contributed by atoms with Gasteiger partial charge in [-0.05, 0) is 31.2 Å². The predicted octanol–water partition coefficient (Wildman–Crippen LogP) is 3.01. The van der Waals surface area contributed by atoms with Crippen molar-refractivity contribution in [3.05, 3.63) is 46.2 Å². The lowest BCUT2D eigenvalue weighted by Gasteiger charge is -2.12. The van der Waals surface area contributed by atoms with Gasteiger partial charge in [-0.2, -0.15) is 5.10 Å². The van der Waals surface area contributed by atoms with E-state index in [9.17, 15) is 0 Å². The maximum atomic E-state index is 6.04. The van der Waals surface area contributed by atoms with Gasteiger partial charge in [-0.3, -0.25) is 4.68 Å². The molecule has 0 amide bonds. The molecule has 0 spiro atoms. The summed E-state index contributed by atoms with van der Waals surface area (Å²) in [5, 5.41) is 8.30. The lowest BCUT2D eigenvalue weighted by molar-refractivity contribution is 0.407. The average molecular weight is 294 g/mol. The Kier molecular flexibility index (Phi) is 5.04. The third-order valence-corrected chi connectivity index (χ3v) is 3.66. The highest BCUT2D eigenvalue weighted by Crippen LogP contribution is 2.23. The number of ether oxygens (including phenoxy) is 1. The quantitative estimate of drug-likeness (QED) is 0.890. The van der Waals surface area contributed by atoms with Gasteiger partial charge < -0.3 is 10.1 Å². The number of benzene rings is 1. The van der Waals surface area contributed by atoms with Crippen LogP contribution in [0.5, 0.6) is 5.75 Å². The second kappa shape index (κ2) is 6.77. The highest BCUT2D eigenvalue weighted by Gasteiger charge is 2.09. The standard InChI is InChI=1S/C15H20ClN3O/c1-4-17-8-12-5-6-15(20-3)13(7-12)10-19-11(2)14(16)9-18-19/h5-7,9,17H,4,8,10H2,1-3H3. The second-order valence-electron chi connectivity index (χ2n) is 4.66. The maximum Gasteiger partial charge on any atom is 0.123 e. The summed E-state index contributed by atoms with van der Waals surface area (Å²) < 4.78 is 7.32. The van der Waals surface area contributed by atoms with E-state index in [2.05, 4.69) is 29.5 Å². The van der Waals surface area contributed by atoms with Gasteiger partial charge in [0.05, 0.1) is 30.6 Å². The number of methoxy groups -OCH3 is 1. The van der Waals surface area contributed by atoms with Gasteiger partial charge in [0.1, 0.15) is 5.75 Å². The molecule has 0 aliphatic heterocycles. The van der Waals surface area contributed by atoms with Crippen molar-refractivity contribution in [3.8, 4) is 5.75 Å². The Morgan fingerprint density at radius 2 is 2.20 bits per heavy atom. The van der Waals surface area contributed by atoms with Gasteiger partial charge in [0.15, 0.2) is 0 Å². The summed E-state index contributed by atoms with van der Waals surface area (Å²) in [6.07, 6.45) is 1.67. The molecule has 0 saturated heterocycles. The first-order chi connectivity index (χ1) is 9.65. The minimum absolute atomic E-state index is 0.654. The van der Waals surface area contributed by atoms with Crippen molar-refractivity contribution in [3.63, 3.8) is 0 Å². The molecule has 108 valence electrons. The first-order valence-corrected chi connectivity index (χ1v) is 7.08. The van der Waals surface area contributed by atoms with E-state index in [-0.39, 0.29) is 0 Å². The van der Waals surface area contributed by atoms with Gasteiger partial charge in [0.25, 0.3) is 0 Å². The van der Waals surface area contributed by atoms with Gasteiger partial charge in [0, 0.05) is 12.1 Å². The summed E-state index contributed by atoms with van der Waals surface area (Å²) in [6, 6.07) is 6.23. The summed E-state index contributed by atoms with van der Waals surface area (Å²) in [5.41, 5.74) is 3.30. The SMILES string of the molecule is CCNCc1ccc(OC)c(Cn2ncc(Cl)c2C)c1. The molecule has 4 nitrogen and oxygen atoms in total. The highest BCUT2D eigenvalue weighted by atomic mass is 35.5. The number of aromatic nitrogens is 2. The zero-order chi connectivity index (χ0) is 14.5. The van der Waals surface area contributed by atoms with E-state index < -0.39 is 0 Å². The van der Waals surface area contributed by atoms with Crippen molar-refractivity contribution < 1.29 is 4.74 Å². The Morgan fingerprint density at radius 3 is 2.80 bits per heavy atom. The van der Waals surface area contributed by atoms with E-state index in [1.165, 1.54) is 5.56 Å². The minimum atomic E-state index is 0.654. The van der Waals surface area contributed by atoms with Gasteiger partial charge in [-0.15, -0.1) is 0 Å². The van der Waals surface area contributed by atoms with Crippen molar-refractivity contribution in [1.82, 2.24) is 15.1 Å². The van der Waals surface area contributed by atoms with E-state index in [4.69, 9.17) is 16.3 Å². The second-order valence-corrected chi connectivity index (χ2v) is 5.07. The van der Waals surface area contributed by atoms with Crippen molar-refractivity contribution in [2.24, 2.45) is 0 Å². The van der Waals surface area contributed by atoms with Crippen LogP contribution in [-0.2, 0) is 13.1 Å². The zero-order valence-corrected chi connectivity index (χ0v) is 12.9. The molecule has 0 saturated carbocycles. The Balaban J connectivity index is 2.26. The van der Waals surface area contributed by atoms with Gasteiger partial charge >= 0.3 is 0 Å². The molecule has 0 bridgehead atoms. The van der Waals surface area contributed by atoms with Crippen LogP contribution in [0.25, 0.3) is 0 Å². The van der Waals surface area contributed by atoms with Gasteiger partial charge in [-0.1, -0.05) is 24.6 Å². The molecule has 2 rings (SSSR count). The minimum Gasteiger partial charge on any atom is -0.496 e. The molecule has 0 radical (unpaired) electrons. The highest BCUT2D eigenvalue weighted by molar-refractivity contribution is 6.31. The number of nitrogens with one attached hydrogen (secondary N) is 1. The Hall–Kier alpha value is -1.52. The Morgan fingerprint density at radius 1 is 1.40 bits per heavy atom. The van der Waals surface area contributed by atoms with E-state index in [1.807, 2.05) is 17.7 Å². The van der Waals surface area contributed by atoms with E-state index in [1.54, 1.807) is 13.3 Å². The van der Waals surface area contributed by atoms with Gasteiger partial charge in [0.2, 0.25) is 0 Å². The first kappa shape index (κ1) is 14.9. The van der Waals surface area contributed by atoms with E-state index in [0.717, 1.165) is 30.1 Å². The van der Waals surface area contributed by atoms with Crippen LogP contribution in [-0.4, -0.2) is 23.4 Å². The van der Waals surface area contributed by atoms with Crippen LogP contribution in [0.3, 0.4) is 0 Å². The third kappa shape index (κ3) is 3.32. The molecule has 0 unspecified atom stereocenters. The van der Waals surface area contributed by atoms with Crippen LogP contribution in [0.1, 0.15) is 23.7 Å². The fraction of sp³-hybridized carbons (Fsp3) is 0.400. The van der Waals surface area contributed by atoms with Gasteiger partial charge in [-0.25, -0.2) is 0 Å². The lowest BCUT2D eigenvalue weighted by atomic mass is 10.1. The molecule has 5 heteroatoms. The molecule has 0 fully saturated rings. The molecule has 1 N–H and O–H groups in total. The largest absolute Gasteiger partial charge is 0.496 e. The van der Waals surface area contributed by atoms with Crippen LogP contribution < -0.4 is 10.1 Å². The Labute approximate surface area is 124 Å². The van der Waals surface area contributed by atoms with Crippen LogP contribution in [0, 0.1) is 6.92 Å². The van der Waals surface area contributed by atoms with E-state index >= 15 is 0 Å². The predicted molar refractivity (Wildman–Crippen MR) is 81.5 cm³/mol. The molecule has 0 aliphatic carbocycles. The average Bonchev–Trinajstić information content (AvgIpc) is 2.77. The van der Waals surface area contributed by atoms with Crippen LogP contribution >= 0.6 is 11.6 Å². The Bertz CT molecular complexity index is 580. The van der Waals surface area contributed by atoms with Crippen LogP contribution in [0.15, 0.2) is 24.4 Å². The number of rotatable bonds is 6. The number of hydrogen-bond donors (Lipinski definition) is 1. The monoisotopic (exact) mass is 293 g/mol. The fourth-order valence-corrected chi connectivity index (χ4v) is 2.22. The first-order valence-electron chi connectivity index (χ1n) is 6.70. The molecule has 0 aliphatic rings. The number of hydrogen-bond acceptors (Lipinski definition) is 3. The van der Waals surface area contributed by atoms with Crippen molar-refractivity contribution in [1.29, 1.82) is 0 Å². The lowest BCUT2D eigenvalue weighted by Crippen LogP contribution is -2.12. The molecule has 2 aromatic rings. The van der Waals surface area contributed by atoms with Crippen molar-refractivity contribution in [2.45, 2.75) is 26.9 Å². The van der Waals surface area contributed by atoms with Crippen LogP contribution in [0.4, 0.5) is 0 Å². The smallest absolute Gasteiger partial charge is 0.123 e. The molecular formula is C15H20ClN3O.